The molecule has 1 aliphatic rings. The molecule has 110 valence electrons. The number of urea groups is 1. The zero-order chi connectivity index (χ0) is 14.5. The van der Waals surface area contributed by atoms with Gasteiger partial charge in [0.1, 0.15) is 0 Å². The number of likely N-dealkylation sites (tertiary alicyclic amines) is 1. The lowest BCUT2D eigenvalue weighted by molar-refractivity contribution is -0.138. The molecule has 0 spiro atoms. The molecule has 1 atom stereocenters. The summed E-state index contributed by atoms with van der Waals surface area (Å²) in [6.07, 6.45) is 3.06. The predicted molar refractivity (Wildman–Crippen MR) is 74.0 cm³/mol. The van der Waals surface area contributed by atoms with Crippen molar-refractivity contribution in [3.8, 4) is 0 Å². The van der Waals surface area contributed by atoms with Gasteiger partial charge in [-0.15, -0.1) is 0 Å². The number of carboxylic acids is 1. The van der Waals surface area contributed by atoms with Crippen LogP contribution in [0.4, 0.5) is 4.79 Å². The van der Waals surface area contributed by atoms with Gasteiger partial charge in [0.25, 0.3) is 0 Å². The third-order valence-electron chi connectivity index (χ3n) is 3.77. The largest absolute Gasteiger partial charge is 0.481 e. The van der Waals surface area contributed by atoms with Crippen LogP contribution in [-0.2, 0) is 4.79 Å². The van der Waals surface area contributed by atoms with Gasteiger partial charge >= 0.3 is 12.0 Å². The zero-order valence-corrected chi connectivity index (χ0v) is 12.2. The molecule has 0 saturated carbocycles. The van der Waals surface area contributed by atoms with Gasteiger partial charge in [0.05, 0.1) is 0 Å². The summed E-state index contributed by atoms with van der Waals surface area (Å²) in [7, 11) is 0. The average molecular weight is 270 g/mol. The topological polar surface area (TPSA) is 69.6 Å². The summed E-state index contributed by atoms with van der Waals surface area (Å²) in [5.74, 6) is -0.792. The Labute approximate surface area is 115 Å². The van der Waals surface area contributed by atoms with Gasteiger partial charge in [-0.2, -0.15) is 0 Å². The fraction of sp³-hybridized carbons (Fsp3) is 0.857. The van der Waals surface area contributed by atoms with Gasteiger partial charge in [0.2, 0.25) is 0 Å². The van der Waals surface area contributed by atoms with Crippen LogP contribution in [0.2, 0.25) is 0 Å². The van der Waals surface area contributed by atoms with Crippen molar-refractivity contribution in [1.29, 1.82) is 0 Å². The van der Waals surface area contributed by atoms with Crippen LogP contribution in [-0.4, -0.2) is 41.6 Å². The number of rotatable bonds is 5. The van der Waals surface area contributed by atoms with Gasteiger partial charge < -0.3 is 15.3 Å². The molecule has 2 amide bonds. The molecule has 0 bridgehead atoms. The Balaban J connectivity index is 2.39. The first-order valence-corrected chi connectivity index (χ1v) is 7.08. The molecular formula is C14H26N2O3. The van der Waals surface area contributed by atoms with Crippen LogP contribution in [0, 0.1) is 11.3 Å². The molecule has 19 heavy (non-hydrogen) atoms. The minimum Gasteiger partial charge on any atom is -0.481 e. The van der Waals surface area contributed by atoms with E-state index >= 15 is 0 Å². The van der Waals surface area contributed by atoms with Crippen LogP contribution in [0.3, 0.4) is 0 Å². The SMILES string of the molecule is CCC(CNC(=O)N1CCCC(C)(C)C1)CC(=O)O. The number of hydrogen-bond acceptors (Lipinski definition) is 2. The molecule has 0 radical (unpaired) electrons. The number of aliphatic carboxylic acids is 1. The average Bonchev–Trinajstić information content (AvgIpc) is 2.32. The quantitative estimate of drug-likeness (QED) is 0.805. The number of amides is 2. The van der Waals surface area contributed by atoms with Crippen molar-refractivity contribution in [3.05, 3.63) is 0 Å². The standard InChI is InChI=1S/C14H26N2O3/c1-4-11(8-12(17)18)9-15-13(19)16-7-5-6-14(2,3)10-16/h11H,4-10H2,1-3H3,(H,15,19)(H,17,18). The zero-order valence-electron chi connectivity index (χ0n) is 12.2. The lowest BCUT2D eigenvalue weighted by atomic mass is 9.84. The summed E-state index contributed by atoms with van der Waals surface area (Å²) in [6.45, 7) is 8.30. The molecule has 5 heteroatoms. The highest BCUT2D eigenvalue weighted by Gasteiger charge is 2.29. The highest BCUT2D eigenvalue weighted by atomic mass is 16.4. The summed E-state index contributed by atoms with van der Waals surface area (Å²) in [6, 6.07) is -0.0587. The van der Waals surface area contributed by atoms with E-state index in [1.54, 1.807) is 0 Å². The molecule has 1 rings (SSSR count). The van der Waals surface area contributed by atoms with Crippen molar-refractivity contribution in [2.24, 2.45) is 11.3 Å². The number of carbonyl (C=O) groups excluding carboxylic acids is 1. The van der Waals surface area contributed by atoms with E-state index in [2.05, 4.69) is 19.2 Å². The number of piperidine rings is 1. The van der Waals surface area contributed by atoms with Crippen LogP contribution in [0.15, 0.2) is 0 Å². The fourth-order valence-corrected chi connectivity index (χ4v) is 2.55. The van der Waals surface area contributed by atoms with Crippen molar-refractivity contribution in [2.75, 3.05) is 19.6 Å². The normalized spacial score (nSPS) is 19.8. The molecule has 1 fully saturated rings. The molecule has 0 aromatic carbocycles. The van der Waals surface area contributed by atoms with E-state index in [9.17, 15) is 9.59 Å². The molecule has 2 N–H and O–H groups in total. The predicted octanol–water partition coefficient (Wildman–Crippen LogP) is 2.32. The second kappa shape index (κ2) is 6.78. The maximum Gasteiger partial charge on any atom is 0.317 e. The van der Waals surface area contributed by atoms with Gasteiger partial charge in [-0.1, -0.05) is 27.2 Å². The first kappa shape index (κ1) is 15.8. The van der Waals surface area contributed by atoms with Crippen molar-refractivity contribution in [1.82, 2.24) is 10.2 Å². The molecule has 1 unspecified atom stereocenters. The smallest absolute Gasteiger partial charge is 0.317 e. The van der Waals surface area contributed by atoms with Gasteiger partial charge in [-0.25, -0.2) is 4.79 Å². The summed E-state index contributed by atoms with van der Waals surface area (Å²) < 4.78 is 0. The summed E-state index contributed by atoms with van der Waals surface area (Å²) in [5, 5.41) is 11.6. The van der Waals surface area contributed by atoms with Crippen molar-refractivity contribution in [3.63, 3.8) is 0 Å². The highest BCUT2D eigenvalue weighted by molar-refractivity contribution is 5.74. The molecule has 0 aliphatic carbocycles. The molecule has 1 aliphatic heterocycles. The van der Waals surface area contributed by atoms with Crippen molar-refractivity contribution >= 4 is 12.0 Å². The van der Waals surface area contributed by atoms with E-state index in [0.29, 0.717) is 6.54 Å². The van der Waals surface area contributed by atoms with E-state index in [-0.39, 0.29) is 23.8 Å². The maximum absolute atomic E-state index is 12.1. The maximum atomic E-state index is 12.1. The summed E-state index contributed by atoms with van der Waals surface area (Å²) >= 11 is 0. The molecule has 0 aromatic heterocycles. The molecule has 1 heterocycles. The minimum atomic E-state index is -0.805. The van der Waals surface area contributed by atoms with Gasteiger partial charge in [0.15, 0.2) is 0 Å². The first-order chi connectivity index (χ1) is 8.84. The van der Waals surface area contributed by atoms with Gasteiger partial charge in [-0.3, -0.25) is 4.79 Å². The van der Waals surface area contributed by atoms with E-state index < -0.39 is 5.97 Å². The lowest BCUT2D eigenvalue weighted by Gasteiger charge is -2.38. The Bertz CT molecular complexity index is 329. The Hall–Kier alpha value is -1.26. The van der Waals surface area contributed by atoms with Crippen molar-refractivity contribution < 1.29 is 14.7 Å². The number of nitrogens with one attached hydrogen (secondary N) is 1. The van der Waals surface area contributed by atoms with E-state index in [1.807, 2.05) is 11.8 Å². The molecule has 0 aromatic rings. The van der Waals surface area contributed by atoms with Crippen molar-refractivity contribution in [2.45, 2.75) is 46.5 Å². The monoisotopic (exact) mass is 270 g/mol. The number of hydrogen-bond donors (Lipinski definition) is 2. The summed E-state index contributed by atoms with van der Waals surface area (Å²) in [4.78, 5) is 24.6. The van der Waals surface area contributed by atoms with Crippen LogP contribution >= 0.6 is 0 Å². The Kier molecular flexibility index (Phi) is 5.63. The number of carbonyl (C=O) groups is 2. The van der Waals surface area contributed by atoms with E-state index in [1.165, 1.54) is 0 Å². The molecule has 5 nitrogen and oxygen atoms in total. The Morgan fingerprint density at radius 1 is 1.42 bits per heavy atom. The third-order valence-corrected chi connectivity index (χ3v) is 3.77. The Morgan fingerprint density at radius 3 is 2.63 bits per heavy atom. The first-order valence-electron chi connectivity index (χ1n) is 7.08. The second-order valence-electron chi connectivity index (χ2n) is 6.25. The molecular weight excluding hydrogens is 244 g/mol. The lowest BCUT2D eigenvalue weighted by Crippen LogP contribution is -2.49. The van der Waals surface area contributed by atoms with Crippen LogP contribution in [0.5, 0.6) is 0 Å². The molecule has 1 saturated heterocycles. The van der Waals surface area contributed by atoms with E-state index in [4.69, 9.17) is 5.11 Å². The van der Waals surface area contributed by atoms with Crippen LogP contribution < -0.4 is 5.32 Å². The second-order valence-corrected chi connectivity index (χ2v) is 6.25. The van der Waals surface area contributed by atoms with Crippen LogP contribution in [0.1, 0.15) is 46.5 Å². The fourth-order valence-electron chi connectivity index (χ4n) is 2.55. The number of carboxylic acid groups (broad SMARTS) is 1. The highest BCUT2D eigenvalue weighted by Crippen LogP contribution is 2.28. The minimum absolute atomic E-state index is 0.0132. The van der Waals surface area contributed by atoms with Gasteiger partial charge in [0, 0.05) is 26.1 Å². The van der Waals surface area contributed by atoms with E-state index in [0.717, 1.165) is 32.4 Å². The third kappa shape index (κ3) is 5.49. The summed E-state index contributed by atoms with van der Waals surface area (Å²) in [5.41, 5.74) is 0.181. The number of nitrogens with zero attached hydrogens (tertiary/aromatic N) is 1. The van der Waals surface area contributed by atoms with Crippen LogP contribution in [0.25, 0.3) is 0 Å². The van der Waals surface area contributed by atoms with Gasteiger partial charge in [-0.05, 0) is 24.2 Å². The Morgan fingerprint density at radius 2 is 2.11 bits per heavy atom.